The predicted molar refractivity (Wildman–Crippen MR) is 133 cm³/mol. The molecule has 184 valence electrons. The van der Waals surface area contributed by atoms with Crippen LogP contribution in [-0.4, -0.2) is 62.9 Å². The van der Waals surface area contributed by atoms with Crippen LogP contribution >= 0.6 is 0 Å². The fourth-order valence-electron chi connectivity index (χ4n) is 4.67. The van der Waals surface area contributed by atoms with Crippen molar-refractivity contribution in [2.75, 3.05) is 27.9 Å². The number of benzene rings is 1. The van der Waals surface area contributed by atoms with Crippen molar-refractivity contribution in [3.05, 3.63) is 30.0 Å². The first kappa shape index (κ1) is 24.3. The maximum absolute atomic E-state index is 13.0. The molecule has 4 rings (SSSR count). The Balaban J connectivity index is 1.64. The zero-order valence-electron chi connectivity index (χ0n) is 19.6. The van der Waals surface area contributed by atoms with E-state index in [4.69, 9.17) is 10.5 Å². The average Bonchev–Trinajstić information content (AvgIpc) is 2.75. The maximum atomic E-state index is 13.0. The first-order valence-corrected chi connectivity index (χ1v) is 13.6. The van der Waals surface area contributed by atoms with E-state index in [1.54, 1.807) is 22.1 Å². The number of fused-ring (bicyclic) bond motifs is 1. The lowest BCUT2D eigenvalue weighted by Gasteiger charge is -2.41. The molecule has 0 aromatic heterocycles. The normalized spacial score (nSPS) is 25.1. The van der Waals surface area contributed by atoms with Gasteiger partial charge in [-0.3, -0.25) is 14.7 Å². The number of carbonyl (C=O) groups excluding carboxylic acids is 2. The third-order valence-corrected chi connectivity index (χ3v) is 8.47. The van der Waals surface area contributed by atoms with Gasteiger partial charge in [0.1, 0.15) is 6.10 Å². The summed E-state index contributed by atoms with van der Waals surface area (Å²) in [4.78, 5) is 33.1. The SMILES string of the molecule is CC(=O)N1c2ccc(C(C=N[C@@H]3CCCS(=O)(=O)C3)=CN)cc2N(C(=O)OC2CCC2)C[C@@H]1C. The van der Waals surface area contributed by atoms with Gasteiger partial charge in [-0.05, 0) is 56.7 Å². The monoisotopic (exact) mass is 488 g/mol. The summed E-state index contributed by atoms with van der Waals surface area (Å²) in [6.07, 6.45) is 6.64. The molecule has 0 spiro atoms. The quantitative estimate of drug-likeness (QED) is 0.650. The number of anilines is 2. The highest BCUT2D eigenvalue weighted by molar-refractivity contribution is 7.91. The summed E-state index contributed by atoms with van der Waals surface area (Å²) in [7, 11) is -3.07. The van der Waals surface area contributed by atoms with Crippen molar-refractivity contribution in [3.8, 4) is 0 Å². The lowest BCUT2D eigenvalue weighted by atomic mass is 9.96. The molecule has 1 aliphatic carbocycles. The Labute approximate surface area is 200 Å². The number of nitrogens with zero attached hydrogens (tertiary/aromatic N) is 3. The Hall–Kier alpha value is -2.88. The summed E-state index contributed by atoms with van der Waals surface area (Å²) in [5.74, 6) is 0.141. The van der Waals surface area contributed by atoms with Gasteiger partial charge in [0.05, 0.1) is 35.0 Å². The molecule has 9 nitrogen and oxygen atoms in total. The van der Waals surface area contributed by atoms with E-state index in [0.717, 1.165) is 19.3 Å². The Morgan fingerprint density at radius 3 is 2.56 bits per heavy atom. The maximum Gasteiger partial charge on any atom is 0.414 e. The highest BCUT2D eigenvalue weighted by Crippen LogP contribution is 2.38. The molecule has 2 amide bonds. The first-order valence-electron chi connectivity index (χ1n) is 11.8. The summed E-state index contributed by atoms with van der Waals surface area (Å²) in [6, 6.07) is 4.93. The number of amides is 2. The van der Waals surface area contributed by atoms with Crippen molar-refractivity contribution >= 4 is 45.0 Å². The number of aliphatic imine (C=N–C) groups is 1. The van der Waals surface area contributed by atoms with Crippen molar-refractivity contribution in [2.45, 2.75) is 64.1 Å². The summed E-state index contributed by atoms with van der Waals surface area (Å²) >= 11 is 0. The lowest BCUT2D eigenvalue weighted by molar-refractivity contribution is -0.117. The molecule has 2 N–H and O–H groups in total. The fraction of sp³-hybridized carbons (Fsp3) is 0.542. The third-order valence-electron chi connectivity index (χ3n) is 6.67. The van der Waals surface area contributed by atoms with Gasteiger partial charge in [0.25, 0.3) is 0 Å². The molecule has 3 aliphatic rings. The second-order valence-corrected chi connectivity index (χ2v) is 11.5. The molecule has 1 aromatic rings. The molecule has 1 saturated carbocycles. The molecule has 2 fully saturated rings. The highest BCUT2D eigenvalue weighted by atomic mass is 32.2. The van der Waals surface area contributed by atoms with Crippen LogP contribution in [0.3, 0.4) is 0 Å². The van der Waals surface area contributed by atoms with E-state index in [2.05, 4.69) is 4.99 Å². The van der Waals surface area contributed by atoms with Crippen LogP contribution in [0, 0.1) is 0 Å². The van der Waals surface area contributed by atoms with Crippen LogP contribution < -0.4 is 15.5 Å². The van der Waals surface area contributed by atoms with Crippen molar-refractivity contribution in [3.63, 3.8) is 0 Å². The molecule has 0 unspecified atom stereocenters. The van der Waals surface area contributed by atoms with Crippen molar-refractivity contribution < 1.29 is 22.7 Å². The van der Waals surface area contributed by atoms with Crippen molar-refractivity contribution in [1.29, 1.82) is 0 Å². The molecular weight excluding hydrogens is 456 g/mol. The van der Waals surface area contributed by atoms with E-state index in [-0.39, 0.29) is 35.6 Å². The van der Waals surface area contributed by atoms with Gasteiger partial charge in [-0.15, -0.1) is 0 Å². The number of rotatable bonds is 4. The van der Waals surface area contributed by atoms with Gasteiger partial charge < -0.3 is 15.4 Å². The van der Waals surface area contributed by atoms with Crippen molar-refractivity contribution in [1.82, 2.24) is 0 Å². The van der Waals surface area contributed by atoms with Gasteiger partial charge >= 0.3 is 6.09 Å². The van der Waals surface area contributed by atoms with Gasteiger partial charge in [-0.2, -0.15) is 0 Å². The fourth-order valence-corrected chi connectivity index (χ4v) is 6.28. The number of ether oxygens (including phenoxy) is 1. The lowest BCUT2D eigenvalue weighted by Crippen LogP contribution is -2.52. The van der Waals surface area contributed by atoms with E-state index in [9.17, 15) is 18.0 Å². The number of allylic oxidation sites excluding steroid dienone is 1. The Morgan fingerprint density at radius 2 is 1.94 bits per heavy atom. The molecule has 2 heterocycles. The van der Waals surface area contributed by atoms with E-state index in [1.165, 1.54) is 13.1 Å². The number of hydrogen-bond donors (Lipinski definition) is 1. The number of carbonyl (C=O) groups is 2. The van der Waals surface area contributed by atoms with Crippen molar-refractivity contribution in [2.24, 2.45) is 10.7 Å². The molecule has 34 heavy (non-hydrogen) atoms. The summed E-state index contributed by atoms with van der Waals surface area (Å²) in [5, 5.41) is 0. The molecular formula is C24H32N4O5S. The summed E-state index contributed by atoms with van der Waals surface area (Å²) in [6.45, 7) is 3.72. The second kappa shape index (κ2) is 9.77. The van der Waals surface area contributed by atoms with Crippen LogP contribution in [0.4, 0.5) is 16.2 Å². The number of nitrogens with two attached hydrogens (primary N) is 1. The smallest absolute Gasteiger partial charge is 0.414 e. The summed E-state index contributed by atoms with van der Waals surface area (Å²) < 4.78 is 29.5. The molecule has 0 bridgehead atoms. The molecule has 1 saturated heterocycles. The topological polar surface area (TPSA) is 122 Å². The molecule has 2 aliphatic heterocycles. The number of sulfone groups is 1. The summed E-state index contributed by atoms with van der Waals surface area (Å²) in [5.41, 5.74) is 8.41. The van der Waals surface area contributed by atoms with Gasteiger partial charge in [0.15, 0.2) is 9.84 Å². The van der Waals surface area contributed by atoms with Crippen LogP contribution in [-0.2, 0) is 19.4 Å². The minimum absolute atomic E-state index is 0.0395. The molecule has 10 heteroatoms. The van der Waals surface area contributed by atoms with Gasteiger partial charge in [0.2, 0.25) is 5.91 Å². The number of hydrogen-bond acceptors (Lipinski definition) is 7. The van der Waals surface area contributed by atoms with E-state index < -0.39 is 15.9 Å². The molecule has 0 radical (unpaired) electrons. The van der Waals surface area contributed by atoms with Gasteiger partial charge in [-0.25, -0.2) is 13.2 Å². The van der Waals surface area contributed by atoms with E-state index in [1.807, 2.05) is 19.1 Å². The largest absolute Gasteiger partial charge is 0.446 e. The predicted octanol–water partition coefficient (Wildman–Crippen LogP) is 2.88. The Kier molecular flexibility index (Phi) is 6.97. The molecule has 2 atom stereocenters. The van der Waals surface area contributed by atoms with Crippen LogP contribution in [0.5, 0.6) is 0 Å². The second-order valence-electron chi connectivity index (χ2n) is 9.30. The molecule has 1 aromatic carbocycles. The van der Waals surface area contributed by atoms with Gasteiger partial charge in [-0.1, -0.05) is 6.07 Å². The minimum Gasteiger partial charge on any atom is -0.446 e. The van der Waals surface area contributed by atoms with Crippen LogP contribution in [0.1, 0.15) is 51.5 Å². The van der Waals surface area contributed by atoms with Crippen LogP contribution in [0.25, 0.3) is 5.57 Å². The Morgan fingerprint density at radius 1 is 1.18 bits per heavy atom. The first-order chi connectivity index (χ1) is 16.2. The van der Waals surface area contributed by atoms with E-state index in [0.29, 0.717) is 41.9 Å². The van der Waals surface area contributed by atoms with E-state index >= 15 is 0 Å². The van der Waals surface area contributed by atoms with Crippen LogP contribution in [0.2, 0.25) is 0 Å². The zero-order valence-corrected chi connectivity index (χ0v) is 20.5. The average molecular weight is 489 g/mol. The van der Waals surface area contributed by atoms with Crippen LogP contribution in [0.15, 0.2) is 29.4 Å². The standard InChI is InChI=1S/C24H32N4O5S/c1-16-14-27(24(30)33-21-6-3-7-21)23-11-18(8-9-22(23)28(16)17(2)29)19(12-25)13-26-20-5-4-10-34(31,32)15-20/h8-9,11-13,16,20-21H,3-7,10,14-15,25H2,1-2H3/t16-,20+/m0/s1. The minimum atomic E-state index is -3.07. The zero-order chi connectivity index (χ0) is 24.5. The highest BCUT2D eigenvalue weighted by Gasteiger charge is 2.36. The Bertz CT molecular complexity index is 1130. The van der Waals surface area contributed by atoms with Gasteiger partial charge in [0, 0.05) is 31.5 Å². The third kappa shape index (κ3) is 5.11.